The van der Waals surface area contributed by atoms with Crippen LogP contribution in [0.4, 0.5) is 0 Å². The standard InChI is InChI=1S/C19H24N2O3/c1-15-7-2-3-8-17(15)24-14-19(22)20-13-16(18-9-6-12-23-18)21-10-4-5-11-21/h2-3,6-9,12,16H,4-5,10-11,13-14H2,1H3,(H,20,22)/t16-/m1/s1. The van der Waals surface area contributed by atoms with Gasteiger partial charge in [0.15, 0.2) is 6.61 Å². The minimum atomic E-state index is -0.117. The summed E-state index contributed by atoms with van der Waals surface area (Å²) in [5, 5.41) is 2.97. The van der Waals surface area contributed by atoms with Gasteiger partial charge in [0.2, 0.25) is 0 Å². The van der Waals surface area contributed by atoms with Crippen molar-refractivity contribution in [1.29, 1.82) is 0 Å². The Bertz CT molecular complexity index is 648. The topological polar surface area (TPSA) is 54.7 Å². The number of likely N-dealkylation sites (tertiary alicyclic amines) is 1. The molecule has 0 bridgehead atoms. The molecule has 1 amide bonds. The summed E-state index contributed by atoms with van der Waals surface area (Å²) in [5.74, 6) is 1.53. The molecule has 24 heavy (non-hydrogen) atoms. The first-order valence-electron chi connectivity index (χ1n) is 8.46. The molecule has 1 fully saturated rings. The molecule has 1 aliphatic rings. The molecule has 0 radical (unpaired) electrons. The van der Waals surface area contributed by atoms with Gasteiger partial charge < -0.3 is 14.5 Å². The maximum absolute atomic E-state index is 12.1. The zero-order valence-electron chi connectivity index (χ0n) is 14.0. The molecular weight excluding hydrogens is 304 g/mol. The molecule has 1 aromatic heterocycles. The van der Waals surface area contributed by atoms with E-state index in [-0.39, 0.29) is 18.6 Å². The third-order valence-corrected chi connectivity index (χ3v) is 4.40. The molecule has 3 rings (SSSR count). The zero-order valence-corrected chi connectivity index (χ0v) is 14.0. The summed E-state index contributed by atoms with van der Waals surface area (Å²) < 4.78 is 11.2. The lowest BCUT2D eigenvalue weighted by Gasteiger charge is -2.26. The lowest BCUT2D eigenvalue weighted by atomic mass is 10.2. The normalized spacial score (nSPS) is 16.0. The number of hydrogen-bond acceptors (Lipinski definition) is 4. The number of benzene rings is 1. The van der Waals surface area contributed by atoms with Crippen LogP contribution in [0.25, 0.3) is 0 Å². The number of amides is 1. The second-order valence-corrected chi connectivity index (χ2v) is 6.13. The highest BCUT2D eigenvalue weighted by molar-refractivity contribution is 5.77. The number of ether oxygens (including phenoxy) is 1. The summed E-state index contributed by atoms with van der Waals surface area (Å²) in [6, 6.07) is 11.6. The summed E-state index contributed by atoms with van der Waals surface area (Å²) >= 11 is 0. The lowest BCUT2D eigenvalue weighted by molar-refractivity contribution is -0.123. The van der Waals surface area contributed by atoms with E-state index in [9.17, 15) is 4.79 Å². The van der Waals surface area contributed by atoms with Gasteiger partial charge in [-0.3, -0.25) is 9.69 Å². The van der Waals surface area contributed by atoms with Crippen LogP contribution in [-0.4, -0.2) is 37.0 Å². The van der Waals surface area contributed by atoms with Crippen molar-refractivity contribution in [2.75, 3.05) is 26.2 Å². The highest BCUT2D eigenvalue weighted by Gasteiger charge is 2.25. The molecule has 128 valence electrons. The number of furan rings is 1. The molecule has 1 saturated heterocycles. The molecule has 1 aromatic carbocycles. The summed E-state index contributed by atoms with van der Waals surface area (Å²) in [6.45, 7) is 4.61. The SMILES string of the molecule is Cc1ccccc1OCC(=O)NC[C@H](c1ccco1)N1CCCC1. The third kappa shape index (κ3) is 4.17. The van der Waals surface area contributed by atoms with Crippen LogP contribution in [0.5, 0.6) is 5.75 Å². The largest absolute Gasteiger partial charge is 0.484 e. The fourth-order valence-corrected chi connectivity index (χ4v) is 3.07. The van der Waals surface area contributed by atoms with Crippen LogP contribution >= 0.6 is 0 Å². The molecule has 5 heteroatoms. The van der Waals surface area contributed by atoms with Crippen LogP contribution in [0.1, 0.15) is 30.2 Å². The smallest absolute Gasteiger partial charge is 0.258 e. The first-order chi connectivity index (χ1) is 11.7. The van der Waals surface area contributed by atoms with Crippen LogP contribution in [-0.2, 0) is 4.79 Å². The Hall–Kier alpha value is -2.27. The van der Waals surface area contributed by atoms with Crippen molar-refractivity contribution in [3.8, 4) is 5.75 Å². The molecule has 0 unspecified atom stereocenters. The van der Waals surface area contributed by atoms with Crippen LogP contribution < -0.4 is 10.1 Å². The highest BCUT2D eigenvalue weighted by atomic mass is 16.5. The Kier molecular flexibility index (Phi) is 5.54. The van der Waals surface area contributed by atoms with Gasteiger partial charge in [0.1, 0.15) is 11.5 Å². The number of carbonyl (C=O) groups excluding carboxylic acids is 1. The van der Waals surface area contributed by atoms with E-state index in [4.69, 9.17) is 9.15 Å². The molecule has 5 nitrogen and oxygen atoms in total. The van der Waals surface area contributed by atoms with E-state index in [0.29, 0.717) is 6.54 Å². The van der Waals surface area contributed by atoms with Gasteiger partial charge in [-0.2, -0.15) is 0 Å². The van der Waals surface area contributed by atoms with Gasteiger partial charge in [-0.1, -0.05) is 18.2 Å². The number of rotatable bonds is 7. The minimum Gasteiger partial charge on any atom is -0.484 e. The molecule has 1 atom stereocenters. The summed E-state index contributed by atoms with van der Waals surface area (Å²) in [4.78, 5) is 14.5. The van der Waals surface area contributed by atoms with Gasteiger partial charge in [0.05, 0.1) is 12.3 Å². The average Bonchev–Trinajstić information content (AvgIpc) is 3.28. The van der Waals surface area contributed by atoms with Gasteiger partial charge >= 0.3 is 0 Å². The van der Waals surface area contributed by atoms with Gasteiger partial charge in [0, 0.05) is 6.54 Å². The van der Waals surface area contributed by atoms with E-state index >= 15 is 0 Å². The van der Waals surface area contributed by atoms with E-state index in [1.165, 1.54) is 12.8 Å². The quantitative estimate of drug-likeness (QED) is 0.849. The second-order valence-electron chi connectivity index (χ2n) is 6.13. The predicted molar refractivity (Wildman–Crippen MR) is 91.9 cm³/mol. The highest BCUT2D eigenvalue weighted by Crippen LogP contribution is 2.24. The number of hydrogen-bond donors (Lipinski definition) is 1. The van der Waals surface area contributed by atoms with Crippen molar-refractivity contribution in [3.63, 3.8) is 0 Å². The molecule has 2 heterocycles. The lowest BCUT2D eigenvalue weighted by Crippen LogP contribution is -2.38. The fourth-order valence-electron chi connectivity index (χ4n) is 3.07. The van der Waals surface area contributed by atoms with E-state index in [2.05, 4.69) is 10.2 Å². The van der Waals surface area contributed by atoms with E-state index < -0.39 is 0 Å². The van der Waals surface area contributed by atoms with Crippen molar-refractivity contribution in [2.24, 2.45) is 0 Å². The number of nitrogens with one attached hydrogen (secondary N) is 1. The molecular formula is C19H24N2O3. The average molecular weight is 328 g/mol. The fraction of sp³-hybridized carbons (Fsp3) is 0.421. The second kappa shape index (κ2) is 8.02. The van der Waals surface area contributed by atoms with Crippen LogP contribution in [0.2, 0.25) is 0 Å². The molecule has 0 spiro atoms. The molecule has 1 N–H and O–H groups in total. The van der Waals surface area contributed by atoms with Crippen LogP contribution in [0, 0.1) is 6.92 Å². The molecule has 0 aliphatic carbocycles. The van der Waals surface area contributed by atoms with Gasteiger partial charge in [0.25, 0.3) is 5.91 Å². The van der Waals surface area contributed by atoms with Gasteiger partial charge in [-0.15, -0.1) is 0 Å². The maximum Gasteiger partial charge on any atom is 0.258 e. The molecule has 2 aromatic rings. The number of para-hydroxylation sites is 1. The summed E-state index contributed by atoms with van der Waals surface area (Å²) in [5.41, 5.74) is 1.02. The van der Waals surface area contributed by atoms with E-state index in [1.54, 1.807) is 6.26 Å². The molecule has 0 saturated carbocycles. The summed E-state index contributed by atoms with van der Waals surface area (Å²) in [7, 11) is 0. The first-order valence-corrected chi connectivity index (χ1v) is 8.46. The van der Waals surface area contributed by atoms with Crippen LogP contribution in [0.3, 0.4) is 0 Å². The zero-order chi connectivity index (χ0) is 16.8. The van der Waals surface area contributed by atoms with Gasteiger partial charge in [-0.05, 0) is 56.6 Å². The Morgan fingerprint density at radius 3 is 2.75 bits per heavy atom. The predicted octanol–water partition coefficient (Wildman–Crippen LogP) is 2.92. The van der Waals surface area contributed by atoms with E-state index in [1.807, 2.05) is 43.3 Å². The monoisotopic (exact) mass is 328 g/mol. The molecule has 1 aliphatic heterocycles. The Labute approximate surface area is 142 Å². The minimum absolute atomic E-state index is 0.0235. The van der Waals surface area contributed by atoms with E-state index in [0.717, 1.165) is 30.2 Å². The maximum atomic E-state index is 12.1. The van der Waals surface area contributed by atoms with Crippen molar-refractivity contribution in [1.82, 2.24) is 10.2 Å². The summed E-state index contributed by atoms with van der Waals surface area (Å²) in [6.07, 6.45) is 4.07. The van der Waals surface area contributed by atoms with Gasteiger partial charge in [-0.25, -0.2) is 0 Å². The van der Waals surface area contributed by atoms with Crippen molar-refractivity contribution in [3.05, 3.63) is 54.0 Å². The number of nitrogens with zero attached hydrogens (tertiary/aromatic N) is 1. The van der Waals surface area contributed by atoms with Crippen molar-refractivity contribution >= 4 is 5.91 Å². The number of carbonyl (C=O) groups is 1. The third-order valence-electron chi connectivity index (χ3n) is 4.40. The Balaban J connectivity index is 1.52. The van der Waals surface area contributed by atoms with Crippen molar-refractivity contribution < 1.29 is 13.9 Å². The Morgan fingerprint density at radius 2 is 2.04 bits per heavy atom. The number of aryl methyl sites for hydroxylation is 1. The van der Waals surface area contributed by atoms with Crippen molar-refractivity contribution in [2.45, 2.75) is 25.8 Å². The first kappa shape index (κ1) is 16.6. The Morgan fingerprint density at radius 1 is 1.25 bits per heavy atom. The van der Waals surface area contributed by atoms with Crippen LogP contribution in [0.15, 0.2) is 47.1 Å².